The first-order chi connectivity index (χ1) is 12.6. The Morgan fingerprint density at radius 3 is 2.54 bits per heavy atom. The number of hydrogen-bond donors (Lipinski definition) is 1. The molecule has 3 rings (SSSR count). The minimum absolute atomic E-state index is 0.0646. The molecule has 1 heterocycles. The van der Waals surface area contributed by atoms with Crippen LogP contribution in [0.15, 0.2) is 54.6 Å². The van der Waals surface area contributed by atoms with Crippen molar-refractivity contribution in [2.45, 2.75) is 13.0 Å². The molecular formula is C20H22ClN3O2. The third kappa shape index (κ3) is 4.42. The quantitative estimate of drug-likeness (QED) is 0.849. The van der Waals surface area contributed by atoms with Gasteiger partial charge in [0.1, 0.15) is 0 Å². The van der Waals surface area contributed by atoms with Crippen LogP contribution in [0.25, 0.3) is 0 Å². The van der Waals surface area contributed by atoms with E-state index in [1.165, 1.54) is 0 Å². The van der Waals surface area contributed by atoms with E-state index in [2.05, 4.69) is 5.32 Å². The maximum atomic E-state index is 12.6. The van der Waals surface area contributed by atoms with Crippen molar-refractivity contribution in [3.8, 4) is 0 Å². The average Bonchev–Trinajstić information content (AvgIpc) is 2.99. The summed E-state index contributed by atoms with van der Waals surface area (Å²) >= 11 is 6.13. The van der Waals surface area contributed by atoms with Gasteiger partial charge >= 0.3 is 0 Å². The molecule has 2 aromatic rings. The Morgan fingerprint density at radius 2 is 1.88 bits per heavy atom. The SMILES string of the molecule is CCN1CN(CC(=O)NC(c2ccccc2)c2cccc(Cl)c2)CC1=O. The van der Waals surface area contributed by atoms with Crippen LogP contribution in [0, 0.1) is 0 Å². The maximum absolute atomic E-state index is 12.6. The van der Waals surface area contributed by atoms with Gasteiger partial charge in [-0.1, -0.05) is 54.1 Å². The fourth-order valence-electron chi connectivity index (χ4n) is 3.14. The van der Waals surface area contributed by atoms with Gasteiger partial charge in [-0.3, -0.25) is 14.5 Å². The monoisotopic (exact) mass is 371 g/mol. The first-order valence-electron chi connectivity index (χ1n) is 8.66. The van der Waals surface area contributed by atoms with E-state index in [9.17, 15) is 9.59 Å². The summed E-state index contributed by atoms with van der Waals surface area (Å²) in [4.78, 5) is 28.0. The van der Waals surface area contributed by atoms with Crippen LogP contribution >= 0.6 is 11.6 Å². The zero-order valence-electron chi connectivity index (χ0n) is 14.7. The molecular weight excluding hydrogens is 350 g/mol. The zero-order valence-corrected chi connectivity index (χ0v) is 15.4. The van der Waals surface area contributed by atoms with E-state index < -0.39 is 0 Å². The van der Waals surface area contributed by atoms with Crippen LogP contribution in [-0.2, 0) is 9.59 Å². The lowest BCUT2D eigenvalue weighted by Crippen LogP contribution is -2.39. The van der Waals surface area contributed by atoms with Gasteiger partial charge in [0.15, 0.2) is 0 Å². The zero-order chi connectivity index (χ0) is 18.5. The molecule has 1 atom stereocenters. The molecule has 1 aliphatic rings. The number of likely N-dealkylation sites (N-methyl/N-ethyl adjacent to an activating group) is 1. The topological polar surface area (TPSA) is 52.6 Å². The van der Waals surface area contributed by atoms with Gasteiger partial charge in [0.2, 0.25) is 11.8 Å². The number of nitrogens with one attached hydrogen (secondary N) is 1. The van der Waals surface area contributed by atoms with Gasteiger partial charge in [0, 0.05) is 11.6 Å². The number of amides is 2. The van der Waals surface area contributed by atoms with E-state index in [0.717, 1.165) is 11.1 Å². The average molecular weight is 372 g/mol. The Kier molecular flexibility index (Phi) is 5.91. The third-order valence-electron chi connectivity index (χ3n) is 4.45. The number of benzene rings is 2. The number of rotatable bonds is 6. The van der Waals surface area contributed by atoms with Crippen LogP contribution in [0.2, 0.25) is 5.02 Å². The largest absolute Gasteiger partial charge is 0.344 e. The summed E-state index contributed by atoms with van der Waals surface area (Å²) in [5, 5.41) is 3.71. The molecule has 1 aliphatic heterocycles. The molecule has 5 nitrogen and oxygen atoms in total. The molecule has 0 spiro atoms. The Bertz CT molecular complexity index is 782. The Hall–Kier alpha value is -2.37. The first kappa shape index (κ1) is 18.4. The van der Waals surface area contributed by atoms with Crippen LogP contribution in [0.4, 0.5) is 0 Å². The van der Waals surface area contributed by atoms with Gasteiger partial charge in [-0.25, -0.2) is 0 Å². The first-order valence-corrected chi connectivity index (χ1v) is 9.04. The van der Waals surface area contributed by atoms with Crippen molar-refractivity contribution in [2.24, 2.45) is 0 Å². The van der Waals surface area contributed by atoms with Crippen molar-refractivity contribution in [3.05, 3.63) is 70.7 Å². The molecule has 26 heavy (non-hydrogen) atoms. The smallest absolute Gasteiger partial charge is 0.237 e. The van der Waals surface area contributed by atoms with Gasteiger partial charge in [-0.2, -0.15) is 0 Å². The molecule has 1 fully saturated rings. The summed E-state index contributed by atoms with van der Waals surface area (Å²) in [6, 6.07) is 17.0. The van der Waals surface area contributed by atoms with Crippen molar-refractivity contribution >= 4 is 23.4 Å². The fraction of sp³-hybridized carbons (Fsp3) is 0.300. The number of carbonyl (C=O) groups excluding carboxylic acids is 2. The molecule has 1 N–H and O–H groups in total. The second-order valence-electron chi connectivity index (χ2n) is 6.34. The summed E-state index contributed by atoms with van der Waals surface area (Å²) in [7, 11) is 0. The highest BCUT2D eigenvalue weighted by molar-refractivity contribution is 6.30. The predicted octanol–water partition coefficient (Wildman–Crippen LogP) is 2.67. The second kappa shape index (κ2) is 8.34. The van der Waals surface area contributed by atoms with Gasteiger partial charge < -0.3 is 10.2 Å². The van der Waals surface area contributed by atoms with Crippen molar-refractivity contribution in [2.75, 3.05) is 26.3 Å². The third-order valence-corrected chi connectivity index (χ3v) is 4.69. The molecule has 0 aromatic heterocycles. The van der Waals surface area contributed by atoms with Gasteiger partial charge in [0.25, 0.3) is 0 Å². The summed E-state index contributed by atoms with van der Waals surface area (Å²) < 4.78 is 0. The Balaban J connectivity index is 1.74. The molecule has 136 valence electrons. The standard InChI is InChI=1S/C20H22ClN3O2/c1-2-24-14-23(13-19(24)26)12-18(25)22-20(15-7-4-3-5-8-15)16-9-6-10-17(21)11-16/h3-11,20H,2,12-14H2,1H3,(H,22,25). The van der Waals surface area contributed by atoms with E-state index in [1.54, 1.807) is 4.90 Å². The maximum Gasteiger partial charge on any atom is 0.237 e. The van der Waals surface area contributed by atoms with Crippen molar-refractivity contribution < 1.29 is 9.59 Å². The molecule has 0 aliphatic carbocycles. The summed E-state index contributed by atoms with van der Waals surface area (Å²) in [6.45, 7) is 3.56. The molecule has 1 unspecified atom stereocenters. The molecule has 0 saturated carbocycles. The lowest BCUT2D eigenvalue weighted by Gasteiger charge is -2.22. The lowest BCUT2D eigenvalue weighted by molar-refractivity contribution is -0.126. The van der Waals surface area contributed by atoms with Crippen LogP contribution < -0.4 is 5.32 Å². The Labute approximate surface area is 158 Å². The molecule has 1 saturated heterocycles. The van der Waals surface area contributed by atoms with Crippen LogP contribution in [0.5, 0.6) is 0 Å². The molecule has 0 bridgehead atoms. The highest BCUT2D eigenvalue weighted by Crippen LogP contribution is 2.24. The second-order valence-corrected chi connectivity index (χ2v) is 6.78. The van der Waals surface area contributed by atoms with Crippen molar-refractivity contribution in [1.82, 2.24) is 15.1 Å². The minimum Gasteiger partial charge on any atom is -0.344 e. The van der Waals surface area contributed by atoms with Crippen molar-refractivity contribution in [3.63, 3.8) is 0 Å². The van der Waals surface area contributed by atoms with E-state index in [0.29, 0.717) is 18.2 Å². The number of nitrogens with zero attached hydrogens (tertiary/aromatic N) is 2. The highest BCUT2D eigenvalue weighted by Gasteiger charge is 2.28. The molecule has 2 aromatic carbocycles. The lowest BCUT2D eigenvalue weighted by atomic mass is 9.98. The number of halogens is 1. The molecule has 2 amide bonds. The normalized spacial score (nSPS) is 15.9. The molecule has 0 radical (unpaired) electrons. The van der Waals surface area contributed by atoms with Crippen LogP contribution in [0.1, 0.15) is 24.1 Å². The number of carbonyl (C=O) groups is 2. The molecule has 6 heteroatoms. The van der Waals surface area contributed by atoms with Gasteiger partial charge in [0.05, 0.1) is 25.8 Å². The highest BCUT2D eigenvalue weighted by atomic mass is 35.5. The van der Waals surface area contributed by atoms with E-state index in [-0.39, 0.29) is 30.9 Å². The summed E-state index contributed by atoms with van der Waals surface area (Å²) in [5.74, 6) is -0.0562. The van der Waals surface area contributed by atoms with Crippen molar-refractivity contribution in [1.29, 1.82) is 0 Å². The van der Waals surface area contributed by atoms with E-state index in [4.69, 9.17) is 11.6 Å². The van der Waals surface area contributed by atoms with E-state index in [1.807, 2.05) is 66.4 Å². The fourth-order valence-corrected chi connectivity index (χ4v) is 3.34. The Morgan fingerprint density at radius 1 is 1.15 bits per heavy atom. The minimum atomic E-state index is -0.289. The van der Waals surface area contributed by atoms with Gasteiger partial charge in [-0.15, -0.1) is 0 Å². The van der Waals surface area contributed by atoms with Crippen LogP contribution in [0.3, 0.4) is 0 Å². The van der Waals surface area contributed by atoms with E-state index >= 15 is 0 Å². The van der Waals surface area contributed by atoms with Gasteiger partial charge in [-0.05, 0) is 30.2 Å². The summed E-state index contributed by atoms with van der Waals surface area (Å²) in [5.41, 5.74) is 1.90. The van der Waals surface area contributed by atoms with Crippen LogP contribution in [-0.4, -0.2) is 47.9 Å². The number of hydrogen-bond acceptors (Lipinski definition) is 3. The summed E-state index contributed by atoms with van der Waals surface area (Å²) in [6.07, 6.45) is 0. The predicted molar refractivity (Wildman–Crippen MR) is 102 cm³/mol.